The number of hydrogen-bond acceptors (Lipinski definition) is 3. The zero-order valence-corrected chi connectivity index (χ0v) is 21.4. The summed E-state index contributed by atoms with van der Waals surface area (Å²) in [5.74, 6) is -0.193. The number of aliphatic hydroxyl groups is 1. The maximum absolute atomic E-state index is 13.1. The summed E-state index contributed by atoms with van der Waals surface area (Å²) in [5, 5.41) is 13.4. The van der Waals surface area contributed by atoms with E-state index < -0.39 is 6.10 Å². The highest BCUT2D eigenvalue weighted by molar-refractivity contribution is 9.10. The molecule has 0 radical (unpaired) electrons. The van der Waals surface area contributed by atoms with Crippen LogP contribution in [0.1, 0.15) is 5.56 Å². The van der Waals surface area contributed by atoms with Crippen molar-refractivity contribution >= 4 is 53.7 Å². The molecule has 0 aliphatic carbocycles. The van der Waals surface area contributed by atoms with E-state index in [-0.39, 0.29) is 5.82 Å². The van der Waals surface area contributed by atoms with Crippen molar-refractivity contribution in [2.45, 2.75) is 19.2 Å². The minimum absolute atomic E-state index is 0.193. The summed E-state index contributed by atoms with van der Waals surface area (Å²) in [4.78, 5) is 4.73. The van der Waals surface area contributed by atoms with E-state index in [0.29, 0.717) is 13.1 Å². The van der Waals surface area contributed by atoms with Gasteiger partial charge in [0.1, 0.15) is 5.82 Å². The number of rotatable bonds is 6. The van der Waals surface area contributed by atoms with Crippen LogP contribution in [0, 0.1) is 5.82 Å². The molecule has 7 heteroatoms. The molecule has 3 aromatic carbocycles. The lowest BCUT2D eigenvalue weighted by Crippen LogP contribution is -2.48. The average Bonchev–Trinajstić information content (AvgIpc) is 3.08. The van der Waals surface area contributed by atoms with Crippen molar-refractivity contribution < 1.29 is 9.50 Å². The Kier molecular flexibility index (Phi) is 6.86. The third-order valence-electron chi connectivity index (χ3n) is 6.44. The Morgan fingerprint density at radius 3 is 1.88 bits per heavy atom. The van der Waals surface area contributed by atoms with E-state index in [1.807, 2.05) is 12.1 Å². The molecule has 0 bridgehead atoms. The smallest absolute Gasteiger partial charge is 0.123 e. The van der Waals surface area contributed by atoms with Crippen molar-refractivity contribution in [3.05, 3.63) is 81.0 Å². The van der Waals surface area contributed by atoms with Crippen LogP contribution in [0.25, 0.3) is 21.8 Å². The number of aromatic nitrogens is 1. The molecule has 1 saturated heterocycles. The second kappa shape index (κ2) is 9.84. The molecule has 1 aliphatic rings. The first kappa shape index (κ1) is 23.0. The average molecular weight is 575 g/mol. The quantitative estimate of drug-likeness (QED) is 0.323. The fourth-order valence-electron chi connectivity index (χ4n) is 4.79. The molecule has 0 amide bonds. The molecule has 0 spiro atoms. The van der Waals surface area contributed by atoms with Gasteiger partial charge < -0.3 is 9.67 Å². The van der Waals surface area contributed by atoms with E-state index in [4.69, 9.17) is 0 Å². The minimum Gasteiger partial charge on any atom is -0.390 e. The first-order valence-corrected chi connectivity index (χ1v) is 12.8. The van der Waals surface area contributed by atoms with Crippen LogP contribution in [-0.4, -0.2) is 58.3 Å². The van der Waals surface area contributed by atoms with Gasteiger partial charge >= 0.3 is 0 Å². The van der Waals surface area contributed by atoms with Crippen molar-refractivity contribution in [1.82, 2.24) is 14.4 Å². The van der Waals surface area contributed by atoms with Gasteiger partial charge in [-0.05, 0) is 54.1 Å². The number of β-amino-alcohol motifs (C(OH)–C–C–N with tert-alkyl or cyclic N) is 1. The van der Waals surface area contributed by atoms with E-state index in [9.17, 15) is 9.50 Å². The summed E-state index contributed by atoms with van der Waals surface area (Å²) in [6.45, 7) is 5.78. The lowest BCUT2D eigenvalue weighted by atomic mass is 10.2. The Bertz CT molecular complexity index is 1210. The predicted octanol–water partition coefficient (Wildman–Crippen LogP) is 5.64. The minimum atomic E-state index is -0.459. The summed E-state index contributed by atoms with van der Waals surface area (Å²) in [5.41, 5.74) is 3.40. The standard InChI is InChI=1S/C26H26Br2FN3O/c27-19-3-7-25-23(13-19)24-14-20(28)4-8-26(24)32(25)17-22(33)16-31-11-9-30(10-12-31)15-18-1-5-21(29)6-2-18/h1-8,13-14,22,33H,9-12,15-17H2/t22-/m1/s1. The summed E-state index contributed by atoms with van der Waals surface area (Å²) in [7, 11) is 0. The molecule has 0 saturated carbocycles. The highest BCUT2D eigenvalue weighted by Gasteiger charge is 2.21. The Hall–Kier alpha value is -1.77. The topological polar surface area (TPSA) is 31.6 Å². The molecule has 4 aromatic rings. The highest BCUT2D eigenvalue weighted by Crippen LogP contribution is 2.33. The molecule has 5 rings (SSSR count). The largest absolute Gasteiger partial charge is 0.390 e. The number of piperazine rings is 1. The maximum atomic E-state index is 13.1. The normalized spacial score (nSPS) is 16.6. The van der Waals surface area contributed by atoms with Gasteiger partial charge in [0, 0.05) is 70.0 Å². The van der Waals surface area contributed by atoms with E-state index in [1.165, 1.54) is 22.9 Å². The summed E-state index contributed by atoms with van der Waals surface area (Å²) >= 11 is 7.19. The molecule has 4 nitrogen and oxygen atoms in total. The van der Waals surface area contributed by atoms with Crippen LogP contribution in [0.3, 0.4) is 0 Å². The number of halogens is 3. The van der Waals surface area contributed by atoms with E-state index >= 15 is 0 Å². The molecule has 1 aliphatic heterocycles. The van der Waals surface area contributed by atoms with Crippen LogP contribution in [0.15, 0.2) is 69.6 Å². The zero-order valence-electron chi connectivity index (χ0n) is 18.2. The Balaban J connectivity index is 1.24. The molecular formula is C26H26Br2FN3O. The number of benzene rings is 3. The van der Waals surface area contributed by atoms with Gasteiger partial charge in [0.15, 0.2) is 0 Å². The van der Waals surface area contributed by atoms with E-state index in [2.05, 4.69) is 82.6 Å². The van der Waals surface area contributed by atoms with Crippen molar-refractivity contribution in [2.75, 3.05) is 32.7 Å². The lowest BCUT2D eigenvalue weighted by Gasteiger charge is -2.35. The molecular weight excluding hydrogens is 549 g/mol. The molecule has 0 unspecified atom stereocenters. The van der Waals surface area contributed by atoms with Crippen LogP contribution in [-0.2, 0) is 13.1 Å². The van der Waals surface area contributed by atoms with Crippen LogP contribution in [0.5, 0.6) is 0 Å². The Morgan fingerprint density at radius 2 is 1.30 bits per heavy atom. The second-order valence-corrected chi connectivity index (χ2v) is 10.6. The SMILES string of the molecule is O[C@H](CN1CCN(Cc2ccc(F)cc2)CC1)Cn1c2ccc(Br)cc2c2cc(Br)ccc21. The third kappa shape index (κ3) is 5.17. The van der Waals surface area contributed by atoms with Gasteiger partial charge in [0.25, 0.3) is 0 Å². The van der Waals surface area contributed by atoms with Crippen molar-refractivity contribution in [3.8, 4) is 0 Å². The Labute approximate surface area is 209 Å². The van der Waals surface area contributed by atoms with Gasteiger partial charge in [-0.3, -0.25) is 9.80 Å². The molecule has 1 aromatic heterocycles. The number of aliphatic hydroxyl groups excluding tert-OH is 1. The van der Waals surface area contributed by atoms with Crippen LogP contribution >= 0.6 is 31.9 Å². The third-order valence-corrected chi connectivity index (χ3v) is 7.42. The molecule has 1 atom stereocenters. The second-order valence-electron chi connectivity index (χ2n) is 8.79. The highest BCUT2D eigenvalue weighted by atomic mass is 79.9. The summed E-state index contributed by atoms with van der Waals surface area (Å²) in [6, 6.07) is 19.4. The van der Waals surface area contributed by atoms with Crippen LogP contribution in [0.2, 0.25) is 0 Å². The van der Waals surface area contributed by atoms with Crippen molar-refractivity contribution in [2.24, 2.45) is 0 Å². The van der Waals surface area contributed by atoms with Crippen molar-refractivity contribution in [1.29, 1.82) is 0 Å². The van der Waals surface area contributed by atoms with Gasteiger partial charge in [-0.2, -0.15) is 0 Å². The molecule has 1 N–H and O–H groups in total. The molecule has 172 valence electrons. The van der Waals surface area contributed by atoms with Gasteiger partial charge in [-0.15, -0.1) is 0 Å². The van der Waals surface area contributed by atoms with E-state index in [1.54, 1.807) is 0 Å². The van der Waals surface area contributed by atoms with Gasteiger partial charge in [-0.25, -0.2) is 4.39 Å². The fourth-order valence-corrected chi connectivity index (χ4v) is 5.51. The molecule has 33 heavy (non-hydrogen) atoms. The van der Waals surface area contributed by atoms with Crippen molar-refractivity contribution in [3.63, 3.8) is 0 Å². The first-order chi connectivity index (χ1) is 16.0. The number of fused-ring (bicyclic) bond motifs is 3. The fraction of sp³-hybridized carbons (Fsp3) is 0.308. The number of nitrogens with zero attached hydrogens (tertiary/aromatic N) is 3. The molecule has 2 heterocycles. The number of hydrogen-bond donors (Lipinski definition) is 1. The van der Waals surface area contributed by atoms with E-state index in [0.717, 1.165) is 58.3 Å². The van der Waals surface area contributed by atoms with Crippen LogP contribution in [0.4, 0.5) is 4.39 Å². The van der Waals surface area contributed by atoms with Gasteiger partial charge in [0.05, 0.1) is 12.6 Å². The maximum Gasteiger partial charge on any atom is 0.123 e. The van der Waals surface area contributed by atoms with Gasteiger partial charge in [-0.1, -0.05) is 44.0 Å². The van der Waals surface area contributed by atoms with Crippen LogP contribution < -0.4 is 0 Å². The zero-order chi connectivity index (χ0) is 22.9. The first-order valence-electron chi connectivity index (χ1n) is 11.2. The summed E-state index contributed by atoms with van der Waals surface area (Å²) < 4.78 is 17.5. The Morgan fingerprint density at radius 1 is 0.758 bits per heavy atom. The predicted molar refractivity (Wildman–Crippen MR) is 139 cm³/mol. The summed E-state index contributed by atoms with van der Waals surface area (Å²) in [6.07, 6.45) is -0.459. The molecule has 1 fully saturated rings. The monoisotopic (exact) mass is 573 g/mol. The van der Waals surface area contributed by atoms with Gasteiger partial charge in [0.2, 0.25) is 0 Å². The lowest BCUT2D eigenvalue weighted by molar-refractivity contribution is 0.0634.